The van der Waals surface area contributed by atoms with Crippen molar-refractivity contribution in [2.24, 2.45) is 5.73 Å². The maximum absolute atomic E-state index is 11.4. The van der Waals surface area contributed by atoms with Crippen LogP contribution in [0.3, 0.4) is 0 Å². The van der Waals surface area contributed by atoms with Crippen molar-refractivity contribution in [1.29, 1.82) is 0 Å². The standard InChI is InChI=1S/C18H15NO/c19-18(14-7-2-1-3-8-14)17-15(12-20)11-10-13-6-4-5-9-16(13)17/h1-12,18H,19H2/t18-/m0/s1. The van der Waals surface area contributed by atoms with E-state index in [1.165, 1.54) is 0 Å². The topological polar surface area (TPSA) is 43.1 Å². The number of hydrogen-bond donors (Lipinski definition) is 1. The molecule has 3 aromatic rings. The summed E-state index contributed by atoms with van der Waals surface area (Å²) in [5.74, 6) is 0. The zero-order chi connectivity index (χ0) is 13.9. The molecule has 2 N–H and O–H groups in total. The van der Waals surface area contributed by atoms with Crippen molar-refractivity contribution >= 4 is 17.1 Å². The molecule has 0 saturated carbocycles. The lowest BCUT2D eigenvalue weighted by Gasteiger charge is -2.17. The molecule has 0 amide bonds. The molecule has 20 heavy (non-hydrogen) atoms. The van der Waals surface area contributed by atoms with E-state index in [1.54, 1.807) is 0 Å². The minimum atomic E-state index is -0.303. The van der Waals surface area contributed by atoms with Crippen molar-refractivity contribution < 1.29 is 4.79 Å². The maximum atomic E-state index is 11.4. The van der Waals surface area contributed by atoms with Crippen molar-refractivity contribution in [3.8, 4) is 0 Å². The minimum absolute atomic E-state index is 0.303. The van der Waals surface area contributed by atoms with E-state index in [1.807, 2.05) is 66.7 Å². The first-order chi connectivity index (χ1) is 9.81. The molecule has 0 saturated heterocycles. The predicted molar refractivity (Wildman–Crippen MR) is 81.8 cm³/mol. The highest BCUT2D eigenvalue weighted by Gasteiger charge is 2.16. The van der Waals surface area contributed by atoms with E-state index in [4.69, 9.17) is 5.73 Å². The molecule has 0 heterocycles. The van der Waals surface area contributed by atoms with E-state index >= 15 is 0 Å². The van der Waals surface area contributed by atoms with Crippen LogP contribution in [-0.2, 0) is 0 Å². The Labute approximate surface area is 117 Å². The lowest BCUT2D eigenvalue weighted by atomic mass is 9.90. The molecular formula is C18H15NO. The Hall–Kier alpha value is -2.45. The molecule has 3 rings (SSSR count). The van der Waals surface area contributed by atoms with Crippen molar-refractivity contribution in [1.82, 2.24) is 0 Å². The molecule has 0 aliphatic heterocycles. The average Bonchev–Trinajstić information content (AvgIpc) is 2.54. The van der Waals surface area contributed by atoms with Crippen LogP contribution in [0.4, 0.5) is 0 Å². The van der Waals surface area contributed by atoms with Gasteiger partial charge in [-0.1, -0.05) is 66.7 Å². The summed E-state index contributed by atoms with van der Waals surface area (Å²) in [6.45, 7) is 0. The highest BCUT2D eigenvalue weighted by molar-refractivity contribution is 5.94. The SMILES string of the molecule is N[C@@H](c1ccccc1)c1c(C=O)ccc2ccccc12. The summed E-state index contributed by atoms with van der Waals surface area (Å²) in [5, 5.41) is 2.13. The van der Waals surface area contributed by atoms with Crippen LogP contribution in [0, 0.1) is 0 Å². The zero-order valence-corrected chi connectivity index (χ0v) is 11.0. The first-order valence-electron chi connectivity index (χ1n) is 6.58. The number of carbonyl (C=O) groups excluding carboxylic acids is 1. The first kappa shape index (κ1) is 12.6. The molecule has 0 bridgehead atoms. The van der Waals surface area contributed by atoms with E-state index in [0.717, 1.165) is 28.2 Å². The van der Waals surface area contributed by atoms with Crippen molar-refractivity contribution in [2.45, 2.75) is 6.04 Å². The monoisotopic (exact) mass is 261 g/mol. The molecule has 0 unspecified atom stereocenters. The molecule has 2 heteroatoms. The van der Waals surface area contributed by atoms with Crippen LogP contribution in [0.25, 0.3) is 10.8 Å². The Morgan fingerprint density at radius 1 is 0.850 bits per heavy atom. The zero-order valence-electron chi connectivity index (χ0n) is 11.0. The number of carbonyl (C=O) groups is 1. The molecule has 0 fully saturated rings. The number of nitrogens with two attached hydrogens (primary N) is 1. The Balaban J connectivity index is 2.26. The molecule has 3 aromatic carbocycles. The number of benzene rings is 3. The van der Waals surface area contributed by atoms with E-state index in [2.05, 4.69) is 0 Å². The lowest BCUT2D eigenvalue weighted by molar-refractivity contribution is 0.112. The number of rotatable bonds is 3. The van der Waals surface area contributed by atoms with Crippen LogP contribution in [0.1, 0.15) is 27.5 Å². The van der Waals surface area contributed by atoms with Crippen LogP contribution in [-0.4, -0.2) is 6.29 Å². The van der Waals surface area contributed by atoms with E-state index in [9.17, 15) is 4.79 Å². The Morgan fingerprint density at radius 3 is 2.30 bits per heavy atom. The second kappa shape index (κ2) is 5.27. The van der Waals surface area contributed by atoms with Gasteiger partial charge in [-0.05, 0) is 21.9 Å². The van der Waals surface area contributed by atoms with Gasteiger partial charge in [0, 0.05) is 5.56 Å². The third-order valence-electron chi connectivity index (χ3n) is 3.60. The van der Waals surface area contributed by atoms with E-state index < -0.39 is 0 Å². The second-order valence-corrected chi connectivity index (χ2v) is 4.80. The summed E-state index contributed by atoms with van der Waals surface area (Å²) in [6, 6.07) is 21.4. The van der Waals surface area contributed by atoms with Gasteiger partial charge in [-0.25, -0.2) is 0 Å². The molecule has 0 aliphatic rings. The van der Waals surface area contributed by atoms with E-state index in [-0.39, 0.29) is 6.04 Å². The highest BCUT2D eigenvalue weighted by atomic mass is 16.1. The molecule has 2 nitrogen and oxygen atoms in total. The Bertz CT molecular complexity index is 750. The largest absolute Gasteiger partial charge is 0.320 e. The summed E-state index contributed by atoms with van der Waals surface area (Å²) < 4.78 is 0. The summed E-state index contributed by atoms with van der Waals surface area (Å²) >= 11 is 0. The summed E-state index contributed by atoms with van der Waals surface area (Å²) in [6.07, 6.45) is 0.880. The van der Waals surface area contributed by atoms with Gasteiger partial charge in [0.15, 0.2) is 0 Å². The number of aldehydes is 1. The normalized spacial score (nSPS) is 12.2. The molecule has 1 atom stereocenters. The second-order valence-electron chi connectivity index (χ2n) is 4.80. The smallest absolute Gasteiger partial charge is 0.150 e. The quantitative estimate of drug-likeness (QED) is 0.730. The number of hydrogen-bond acceptors (Lipinski definition) is 2. The van der Waals surface area contributed by atoms with Crippen LogP contribution >= 0.6 is 0 Å². The van der Waals surface area contributed by atoms with Gasteiger partial charge < -0.3 is 5.73 Å². The predicted octanol–water partition coefficient (Wildman–Crippen LogP) is 3.70. The lowest BCUT2D eigenvalue weighted by Crippen LogP contribution is -2.14. The third kappa shape index (κ3) is 2.10. The fourth-order valence-corrected chi connectivity index (χ4v) is 2.59. The third-order valence-corrected chi connectivity index (χ3v) is 3.60. The Kier molecular flexibility index (Phi) is 3.32. The number of fused-ring (bicyclic) bond motifs is 1. The van der Waals surface area contributed by atoms with Gasteiger partial charge in [-0.15, -0.1) is 0 Å². The van der Waals surface area contributed by atoms with Gasteiger partial charge in [0.2, 0.25) is 0 Å². The summed E-state index contributed by atoms with van der Waals surface area (Å²) in [4.78, 5) is 11.4. The molecule has 0 radical (unpaired) electrons. The fourth-order valence-electron chi connectivity index (χ4n) is 2.59. The molecule has 0 aliphatic carbocycles. The van der Waals surface area contributed by atoms with Gasteiger partial charge in [-0.3, -0.25) is 4.79 Å². The van der Waals surface area contributed by atoms with Crippen LogP contribution in [0.2, 0.25) is 0 Å². The van der Waals surface area contributed by atoms with Crippen molar-refractivity contribution in [2.75, 3.05) is 0 Å². The summed E-state index contributed by atoms with van der Waals surface area (Å²) in [7, 11) is 0. The van der Waals surface area contributed by atoms with Crippen LogP contribution < -0.4 is 5.73 Å². The van der Waals surface area contributed by atoms with Gasteiger partial charge in [0.1, 0.15) is 6.29 Å². The first-order valence-corrected chi connectivity index (χ1v) is 6.58. The van der Waals surface area contributed by atoms with Gasteiger partial charge in [0.05, 0.1) is 6.04 Å². The molecule has 0 aromatic heterocycles. The van der Waals surface area contributed by atoms with Crippen LogP contribution in [0.5, 0.6) is 0 Å². The maximum Gasteiger partial charge on any atom is 0.150 e. The highest BCUT2D eigenvalue weighted by Crippen LogP contribution is 2.29. The Morgan fingerprint density at radius 2 is 1.55 bits per heavy atom. The molecule has 98 valence electrons. The van der Waals surface area contributed by atoms with E-state index in [0.29, 0.717) is 5.56 Å². The van der Waals surface area contributed by atoms with Crippen molar-refractivity contribution in [3.05, 3.63) is 83.4 Å². The van der Waals surface area contributed by atoms with Crippen molar-refractivity contribution in [3.63, 3.8) is 0 Å². The van der Waals surface area contributed by atoms with Gasteiger partial charge in [0.25, 0.3) is 0 Å². The van der Waals surface area contributed by atoms with Crippen LogP contribution in [0.15, 0.2) is 66.7 Å². The average molecular weight is 261 g/mol. The molecule has 0 spiro atoms. The van der Waals surface area contributed by atoms with Gasteiger partial charge in [-0.2, -0.15) is 0 Å². The molecular weight excluding hydrogens is 246 g/mol. The fraction of sp³-hybridized carbons (Fsp3) is 0.0556. The summed E-state index contributed by atoms with van der Waals surface area (Å²) in [5.41, 5.74) is 8.95. The minimum Gasteiger partial charge on any atom is -0.320 e. The van der Waals surface area contributed by atoms with Gasteiger partial charge >= 0.3 is 0 Å².